The molecule has 0 spiro atoms. The van der Waals surface area contributed by atoms with E-state index in [2.05, 4.69) is 13.8 Å². The molecule has 1 aliphatic carbocycles. The molecule has 5 nitrogen and oxygen atoms in total. The predicted octanol–water partition coefficient (Wildman–Crippen LogP) is 5.01. The number of hydrogen-bond donors (Lipinski definition) is 2. The van der Waals surface area contributed by atoms with Gasteiger partial charge in [-0.1, -0.05) is 13.8 Å². The molecule has 25 heavy (non-hydrogen) atoms. The summed E-state index contributed by atoms with van der Waals surface area (Å²) in [4.78, 5) is 17.0. The van der Waals surface area contributed by atoms with Crippen LogP contribution in [0.5, 0.6) is 0 Å². The summed E-state index contributed by atoms with van der Waals surface area (Å²) in [7, 11) is 0. The van der Waals surface area contributed by atoms with Gasteiger partial charge in [0.1, 0.15) is 15.5 Å². The van der Waals surface area contributed by atoms with Crippen molar-refractivity contribution in [3.63, 3.8) is 0 Å². The van der Waals surface area contributed by atoms with E-state index in [9.17, 15) is 9.90 Å². The first-order chi connectivity index (χ1) is 11.8. The van der Waals surface area contributed by atoms with Gasteiger partial charge < -0.3 is 15.3 Å². The van der Waals surface area contributed by atoms with E-state index in [1.807, 2.05) is 0 Å². The second-order valence-electron chi connectivity index (χ2n) is 7.19. The maximum absolute atomic E-state index is 11.5. The fraction of sp³-hybridized carbons (Fsp3) is 0.333. The van der Waals surface area contributed by atoms with Gasteiger partial charge in [0.05, 0.1) is 5.69 Å². The lowest BCUT2D eigenvalue weighted by Crippen LogP contribution is -2.23. The molecule has 0 fully saturated rings. The molecule has 3 aromatic heterocycles. The van der Waals surface area contributed by atoms with Gasteiger partial charge in [0.25, 0.3) is 0 Å². The lowest BCUT2D eigenvalue weighted by Gasteiger charge is -2.32. The quantitative estimate of drug-likeness (QED) is 0.656. The molecule has 130 valence electrons. The Kier molecular flexibility index (Phi) is 3.60. The van der Waals surface area contributed by atoms with Gasteiger partial charge in [0.2, 0.25) is 0 Å². The van der Waals surface area contributed by atoms with Crippen LogP contribution in [0.15, 0.2) is 16.5 Å². The maximum atomic E-state index is 11.5. The Labute approximate surface area is 153 Å². The highest BCUT2D eigenvalue weighted by Gasteiger charge is 2.32. The zero-order valence-electron chi connectivity index (χ0n) is 13.9. The van der Waals surface area contributed by atoms with Crippen LogP contribution in [0.2, 0.25) is 5.22 Å². The van der Waals surface area contributed by atoms with Crippen molar-refractivity contribution in [2.45, 2.75) is 33.1 Å². The van der Waals surface area contributed by atoms with Gasteiger partial charge >= 0.3 is 5.97 Å². The van der Waals surface area contributed by atoms with Gasteiger partial charge in [0.15, 0.2) is 5.22 Å². The largest absolute Gasteiger partial charge is 0.477 e. The van der Waals surface area contributed by atoms with Crippen molar-refractivity contribution in [3.05, 3.63) is 33.5 Å². The molecule has 0 aliphatic heterocycles. The number of nitrogens with zero attached hydrogens (tertiary/aromatic N) is 1. The summed E-state index contributed by atoms with van der Waals surface area (Å²) in [5.41, 5.74) is 9.48. The number of aromatic carboxylic acids is 1. The van der Waals surface area contributed by atoms with E-state index >= 15 is 0 Å². The fourth-order valence-corrected chi connectivity index (χ4v) is 4.65. The van der Waals surface area contributed by atoms with Crippen LogP contribution in [0, 0.1) is 5.41 Å². The number of fused-ring (bicyclic) bond motifs is 2. The predicted molar refractivity (Wildman–Crippen MR) is 99.5 cm³/mol. The number of halogens is 1. The molecule has 3 aromatic rings. The topological polar surface area (TPSA) is 89.3 Å². The average molecular weight is 377 g/mol. The minimum absolute atomic E-state index is 0.114. The molecule has 0 aromatic carbocycles. The highest BCUT2D eigenvalue weighted by atomic mass is 35.5. The van der Waals surface area contributed by atoms with E-state index in [4.69, 9.17) is 26.7 Å². The fourth-order valence-electron chi connectivity index (χ4n) is 3.54. The Morgan fingerprint density at radius 3 is 2.84 bits per heavy atom. The number of thiophene rings is 1. The zero-order valence-corrected chi connectivity index (χ0v) is 15.4. The highest BCUT2D eigenvalue weighted by Crippen LogP contribution is 2.46. The molecule has 7 heteroatoms. The van der Waals surface area contributed by atoms with Crippen LogP contribution in [0.4, 0.5) is 5.69 Å². The van der Waals surface area contributed by atoms with E-state index in [0.29, 0.717) is 16.0 Å². The Balaban J connectivity index is 2.11. The molecule has 0 radical (unpaired) electrons. The summed E-state index contributed by atoms with van der Waals surface area (Å²) in [5, 5.41) is 10.4. The number of nitrogens with two attached hydrogens (primary N) is 1. The number of carbonyl (C=O) groups is 1. The number of nitrogen functional groups attached to an aromatic ring is 1. The standard InChI is InChI=1S/C18H17ClN2O3S/c1-18(2)6-5-9-8(7-18)12(10-3-4-11(19)24-10)13-14(20)15(17(22)23)25-16(13)21-9/h3-4H,5-7,20H2,1-2H3,(H,22,23). The molecule has 0 amide bonds. The number of furan rings is 1. The second-order valence-corrected chi connectivity index (χ2v) is 8.56. The van der Waals surface area contributed by atoms with Crippen molar-refractivity contribution in [2.24, 2.45) is 5.41 Å². The number of anilines is 1. The lowest BCUT2D eigenvalue weighted by atomic mass is 9.74. The number of aromatic nitrogens is 1. The Morgan fingerprint density at radius 2 is 2.20 bits per heavy atom. The molecule has 0 atom stereocenters. The Bertz CT molecular complexity index is 1020. The van der Waals surface area contributed by atoms with Crippen LogP contribution < -0.4 is 5.73 Å². The van der Waals surface area contributed by atoms with Crippen LogP contribution in [0.25, 0.3) is 21.5 Å². The molecule has 1 aliphatic rings. The van der Waals surface area contributed by atoms with Crippen LogP contribution in [0.3, 0.4) is 0 Å². The van der Waals surface area contributed by atoms with Crippen molar-refractivity contribution in [1.82, 2.24) is 4.98 Å². The second kappa shape index (κ2) is 5.47. The lowest BCUT2D eigenvalue weighted by molar-refractivity contribution is 0.0703. The summed E-state index contributed by atoms with van der Waals surface area (Å²) in [6.07, 6.45) is 2.71. The van der Waals surface area contributed by atoms with Gasteiger partial charge in [-0.05, 0) is 54.0 Å². The molecule has 3 heterocycles. The van der Waals surface area contributed by atoms with Gasteiger partial charge in [-0.15, -0.1) is 11.3 Å². The first-order valence-electron chi connectivity index (χ1n) is 7.99. The normalized spacial score (nSPS) is 16.1. The van der Waals surface area contributed by atoms with Crippen molar-refractivity contribution >= 4 is 44.8 Å². The van der Waals surface area contributed by atoms with E-state index in [-0.39, 0.29) is 21.2 Å². The number of pyridine rings is 1. The SMILES string of the molecule is CC1(C)CCc2nc3sc(C(=O)O)c(N)c3c(-c3ccc(Cl)o3)c2C1. The van der Waals surface area contributed by atoms with Crippen molar-refractivity contribution in [3.8, 4) is 11.3 Å². The van der Waals surface area contributed by atoms with Crippen molar-refractivity contribution < 1.29 is 14.3 Å². The third-order valence-electron chi connectivity index (χ3n) is 4.77. The van der Waals surface area contributed by atoms with E-state index in [1.54, 1.807) is 12.1 Å². The van der Waals surface area contributed by atoms with E-state index < -0.39 is 5.97 Å². The molecule has 0 saturated carbocycles. The molecule has 0 bridgehead atoms. The average Bonchev–Trinajstić information content (AvgIpc) is 3.09. The molecular formula is C18H17ClN2O3S. The number of rotatable bonds is 2. The number of carboxylic acids is 1. The van der Waals surface area contributed by atoms with Crippen LogP contribution in [0.1, 0.15) is 41.2 Å². The zero-order chi connectivity index (χ0) is 17.9. The van der Waals surface area contributed by atoms with Crippen molar-refractivity contribution in [2.75, 3.05) is 5.73 Å². The summed E-state index contributed by atoms with van der Waals surface area (Å²) in [6, 6.07) is 3.49. The summed E-state index contributed by atoms with van der Waals surface area (Å²) in [5.74, 6) is -0.435. The first-order valence-corrected chi connectivity index (χ1v) is 9.19. The van der Waals surface area contributed by atoms with Crippen LogP contribution >= 0.6 is 22.9 Å². The minimum atomic E-state index is -1.04. The van der Waals surface area contributed by atoms with Gasteiger partial charge in [0, 0.05) is 16.6 Å². The molecule has 4 rings (SSSR count). The Hall–Kier alpha value is -2.05. The van der Waals surface area contributed by atoms with Gasteiger partial charge in [-0.3, -0.25) is 0 Å². The van der Waals surface area contributed by atoms with Crippen LogP contribution in [-0.4, -0.2) is 16.1 Å². The monoisotopic (exact) mass is 376 g/mol. The smallest absolute Gasteiger partial charge is 0.348 e. The summed E-state index contributed by atoms with van der Waals surface area (Å²) < 4.78 is 5.68. The van der Waals surface area contributed by atoms with Crippen molar-refractivity contribution in [1.29, 1.82) is 0 Å². The molecular weight excluding hydrogens is 360 g/mol. The summed E-state index contributed by atoms with van der Waals surface area (Å²) >= 11 is 7.10. The maximum Gasteiger partial charge on any atom is 0.348 e. The third-order valence-corrected chi connectivity index (χ3v) is 6.06. The van der Waals surface area contributed by atoms with Crippen LogP contribution in [-0.2, 0) is 12.8 Å². The number of aryl methyl sites for hydroxylation is 1. The number of carboxylic acid groups (broad SMARTS) is 1. The highest BCUT2D eigenvalue weighted by molar-refractivity contribution is 7.21. The minimum Gasteiger partial charge on any atom is -0.477 e. The first kappa shape index (κ1) is 16.4. The molecule has 3 N–H and O–H groups in total. The van der Waals surface area contributed by atoms with Gasteiger partial charge in [-0.25, -0.2) is 9.78 Å². The summed E-state index contributed by atoms with van der Waals surface area (Å²) in [6.45, 7) is 4.44. The molecule has 0 saturated heterocycles. The Morgan fingerprint density at radius 1 is 1.44 bits per heavy atom. The molecule has 0 unspecified atom stereocenters. The third kappa shape index (κ3) is 2.60. The number of hydrogen-bond acceptors (Lipinski definition) is 5. The van der Waals surface area contributed by atoms with Gasteiger partial charge in [-0.2, -0.15) is 0 Å². The van der Waals surface area contributed by atoms with E-state index in [0.717, 1.165) is 47.4 Å². The van der Waals surface area contributed by atoms with E-state index in [1.165, 1.54) is 0 Å².